The highest BCUT2D eigenvalue weighted by Gasteiger charge is 2.46. The molecule has 1 aliphatic carbocycles. The standard InChI is InChI=1S/C69H47N/c1-5-22-48(23-6-1)56-31-15-18-36-62(56)68-58(49-24-7-2-8-25-49)37-21-39-67(68)70(54-42-40-50(41-43-54)63-46-51-26-13-14-32-57(51)59-33-16-17-34-60(59)63)55-44-45-66-64(47-55)61-35-19-20-38-65(61)69(66,52-27-9-3-10-28-52)53-29-11-4-12-30-53/h1-47H. The molecule has 1 aliphatic rings. The van der Waals surface area contributed by atoms with E-state index < -0.39 is 5.41 Å². The van der Waals surface area contributed by atoms with Gasteiger partial charge in [0, 0.05) is 16.9 Å². The predicted octanol–water partition coefficient (Wildman–Crippen LogP) is 18.5. The minimum Gasteiger partial charge on any atom is -0.310 e. The van der Waals surface area contributed by atoms with Crippen molar-refractivity contribution in [1.29, 1.82) is 0 Å². The Hall–Kier alpha value is -9.04. The van der Waals surface area contributed by atoms with Gasteiger partial charge < -0.3 is 4.90 Å². The highest BCUT2D eigenvalue weighted by atomic mass is 15.1. The lowest BCUT2D eigenvalue weighted by Crippen LogP contribution is -2.28. The van der Waals surface area contributed by atoms with Gasteiger partial charge in [-0.05, 0) is 130 Å². The molecule has 0 spiro atoms. The molecule has 70 heavy (non-hydrogen) atoms. The van der Waals surface area contributed by atoms with Crippen LogP contribution in [0, 0.1) is 0 Å². The summed E-state index contributed by atoms with van der Waals surface area (Å²) in [5, 5.41) is 5.02. The molecule has 0 radical (unpaired) electrons. The van der Waals surface area contributed by atoms with Crippen molar-refractivity contribution in [2.45, 2.75) is 5.41 Å². The van der Waals surface area contributed by atoms with Crippen molar-refractivity contribution in [3.05, 3.63) is 307 Å². The third-order valence-electron chi connectivity index (χ3n) is 14.6. The summed E-state index contributed by atoms with van der Waals surface area (Å²) in [7, 11) is 0. The second-order valence-electron chi connectivity index (χ2n) is 18.3. The maximum absolute atomic E-state index is 2.50. The zero-order chi connectivity index (χ0) is 46.4. The first-order chi connectivity index (χ1) is 34.8. The Balaban J connectivity index is 1.08. The van der Waals surface area contributed by atoms with Gasteiger partial charge >= 0.3 is 0 Å². The van der Waals surface area contributed by atoms with Crippen LogP contribution < -0.4 is 4.90 Å². The van der Waals surface area contributed by atoms with E-state index in [4.69, 9.17) is 0 Å². The molecule has 0 N–H and O–H groups in total. The molecule has 0 saturated carbocycles. The van der Waals surface area contributed by atoms with E-state index in [1.54, 1.807) is 0 Å². The Kier molecular flexibility index (Phi) is 10.1. The van der Waals surface area contributed by atoms with E-state index in [9.17, 15) is 0 Å². The second kappa shape index (κ2) is 17.2. The van der Waals surface area contributed by atoms with Gasteiger partial charge in [0.1, 0.15) is 0 Å². The number of fused-ring (bicyclic) bond motifs is 6. The lowest BCUT2D eigenvalue weighted by Gasteiger charge is -2.34. The van der Waals surface area contributed by atoms with Gasteiger partial charge in [0.05, 0.1) is 11.1 Å². The van der Waals surface area contributed by atoms with Gasteiger partial charge in [-0.3, -0.25) is 0 Å². The molecule has 0 fully saturated rings. The summed E-state index contributed by atoms with van der Waals surface area (Å²) < 4.78 is 0. The van der Waals surface area contributed by atoms with Crippen molar-refractivity contribution in [2.75, 3.05) is 4.90 Å². The van der Waals surface area contributed by atoms with Gasteiger partial charge in [-0.2, -0.15) is 0 Å². The van der Waals surface area contributed by atoms with Crippen LogP contribution in [0.2, 0.25) is 0 Å². The zero-order valence-corrected chi connectivity index (χ0v) is 38.6. The summed E-state index contributed by atoms with van der Waals surface area (Å²) in [6.45, 7) is 0. The van der Waals surface area contributed by atoms with Crippen molar-refractivity contribution in [3.63, 3.8) is 0 Å². The molecule has 13 rings (SSSR count). The molecule has 1 nitrogen and oxygen atoms in total. The largest absolute Gasteiger partial charge is 0.310 e. The van der Waals surface area contributed by atoms with E-state index in [1.165, 1.54) is 99.4 Å². The Bertz CT molecular complexity index is 3820. The Morgan fingerprint density at radius 2 is 0.743 bits per heavy atom. The van der Waals surface area contributed by atoms with Crippen LogP contribution in [0.4, 0.5) is 17.1 Å². The van der Waals surface area contributed by atoms with Gasteiger partial charge in [-0.15, -0.1) is 0 Å². The first kappa shape index (κ1) is 41.2. The van der Waals surface area contributed by atoms with Crippen LogP contribution >= 0.6 is 0 Å². The summed E-state index contributed by atoms with van der Waals surface area (Å²) in [5.74, 6) is 0. The lowest BCUT2D eigenvalue weighted by molar-refractivity contribution is 0.768. The van der Waals surface area contributed by atoms with E-state index in [0.717, 1.165) is 17.1 Å². The first-order valence-electron chi connectivity index (χ1n) is 24.3. The Labute approximate surface area is 409 Å². The fourth-order valence-corrected chi connectivity index (χ4v) is 11.5. The van der Waals surface area contributed by atoms with Gasteiger partial charge in [0.25, 0.3) is 0 Å². The molecule has 12 aromatic rings. The van der Waals surface area contributed by atoms with E-state index in [0.29, 0.717) is 0 Å². The monoisotopic (exact) mass is 889 g/mol. The molecule has 0 saturated heterocycles. The van der Waals surface area contributed by atoms with E-state index >= 15 is 0 Å². The summed E-state index contributed by atoms with van der Waals surface area (Å²) >= 11 is 0. The zero-order valence-electron chi connectivity index (χ0n) is 38.6. The van der Waals surface area contributed by atoms with Crippen LogP contribution in [0.25, 0.3) is 77.2 Å². The predicted molar refractivity (Wildman–Crippen MR) is 295 cm³/mol. The lowest BCUT2D eigenvalue weighted by atomic mass is 9.68. The fraction of sp³-hybridized carbons (Fsp3) is 0.0145. The van der Waals surface area contributed by atoms with Crippen molar-refractivity contribution in [1.82, 2.24) is 0 Å². The van der Waals surface area contributed by atoms with Crippen LogP contribution in [0.15, 0.2) is 285 Å². The van der Waals surface area contributed by atoms with E-state index in [2.05, 4.69) is 290 Å². The molecule has 0 aliphatic heterocycles. The average Bonchev–Trinajstić information content (AvgIpc) is 3.74. The van der Waals surface area contributed by atoms with E-state index in [1.807, 2.05) is 0 Å². The molecule has 0 unspecified atom stereocenters. The molecule has 0 bridgehead atoms. The number of benzene rings is 12. The molecule has 0 atom stereocenters. The maximum Gasteiger partial charge on any atom is 0.0713 e. The smallest absolute Gasteiger partial charge is 0.0713 e. The van der Waals surface area contributed by atoms with Gasteiger partial charge in [-0.25, -0.2) is 0 Å². The first-order valence-corrected chi connectivity index (χ1v) is 24.3. The molecule has 12 aromatic carbocycles. The Morgan fingerprint density at radius 3 is 1.43 bits per heavy atom. The van der Waals surface area contributed by atoms with Crippen LogP contribution in [0.5, 0.6) is 0 Å². The van der Waals surface area contributed by atoms with Crippen molar-refractivity contribution in [2.24, 2.45) is 0 Å². The fourth-order valence-electron chi connectivity index (χ4n) is 11.5. The van der Waals surface area contributed by atoms with Gasteiger partial charge in [0.2, 0.25) is 0 Å². The maximum atomic E-state index is 2.50. The van der Waals surface area contributed by atoms with Crippen LogP contribution in [0.1, 0.15) is 22.3 Å². The topological polar surface area (TPSA) is 3.24 Å². The SMILES string of the molecule is c1ccc(-c2ccccc2-c2c(-c3ccccc3)cccc2N(c2ccc(-c3cc4ccccc4c4ccccc34)cc2)c2ccc3c(c2)-c2ccccc2C3(c2ccccc2)c2ccccc2)cc1. The number of hydrogen-bond acceptors (Lipinski definition) is 1. The normalized spacial score (nSPS) is 12.4. The highest BCUT2D eigenvalue weighted by molar-refractivity contribution is 6.14. The van der Waals surface area contributed by atoms with E-state index in [-0.39, 0.29) is 0 Å². The van der Waals surface area contributed by atoms with Crippen LogP contribution in [-0.2, 0) is 5.41 Å². The summed E-state index contributed by atoms with van der Waals surface area (Å²) in [6, 6.07) is 105. The molecule has 0 aromatic heterocycles. The molecular weight excluding hydrogens is 843 g/mol. The van der Waals surface area contributed by atoms with Crippen LogP contribution in [-0.4, -0.2) is 0 Å². The third-order valence-corrected chi connectivity index (χ3v) is 14.6. The summed E-state index contributed by atoms with van der Waals surface area (Å²) in [4.78, 5) is 2.50. The molecular formula is C69H47N. The van der Waals surface area contributed by atoms with Gasteiger partial charge in [0.15, 0.2) is 0 Å². The minimum atomic E-state index is -0.505. The number of hydrogen-bond donors (Lipinski definition) is 0. The number of anilines is 3. The molecule has 328 valence electrons. The van der Waals surface area contributed by atoms with Crippen molar-refractivity contribution >= 4 is 38.6 Å². The third kappa shape index (κ3) is 6.70. The number of nitrogens with zero attached hydrogens (tertiary/aromatic N) is 1. The van der Waals surface area contributed by atoms with Gasteiger partial charge in [-0.1, -0.05) is 249 Å². The summed E-state index contributed by atoms with van der Waals surface area (Å²) in [6.07, 6.45) is 0. The van der Waals surface area contributed by atoms with Crippen molar-refractivity contribution in [3.8, 4) is 55.6 Å². The second-order valence-corrected chi connectivity index (χ2v) is 18.3. The van der Waals surface area contributed by atoms with Crippen LogP contribution in [0.3, 0.4) is 0 Å². The molecule has 0 heterocycles. The highest BCUT2D eigenvalue weighted by Crippen LogP contribution is 2.58. The molecule has 1 heteroatoms. The molecule has 0 amide bonds. The quantitative estimate of drug-likeness (QED) is 0.131. The summed E-state index contributed by atoms with van der Waals surface area (Å²) in [5.41, 5.74) is 19.7. The average molecular weight is 890 g/mol. The minimum absolute atomic E-state index is 0.505. The number of rotatable bonds is 9. The Morgan fingerprint density at radius 1 is 0.257 bits per heavy atom. The van der Waals surface area contributed by atoms with Crippen molar-refractivity contribution < 1.29 is 0 Å².